The molecule has 14 rings (SSSR count). The molecule has 0 spiro atoms. The summed E-state index contributed by atoms with van der Waals surface area (Å²) in [4.78, 5) is 0. The normalized spacial score (nSPS) is 16.1. The summed E-state index contributed by atoms with van der Waals surface area (Å²) in [5.74, 6) is 1.22. The lowest BCUT2D eigenvalue weighted by molar-refractivity contribution is 0.302. The van der Waals surface area contributed by atoms with Crippen LogP contribution in [-0.2, 0) is 41.1 Å². The third kappa shape index (κ3) is 6.65. The fourth-order valence-corrected chi connectivity index (χ4v) is 15.1. The van der Waals surface area contributed by atoms with Crippen LogP contribution < -0.4 is 4.74 Å². The average Bonchev–Trinajstić information content (AvgIpc) is 4.26. The van der Waals surface area contributed by atoms with Crippen molar-refractivity contribution in [2.24, 2.45) is 0 Å². The van der Waals surface area contributed by atoms with Crippen molar-refractivity contribution in [3.05, 3.63) is 230 Å². The Morgan fingerprint density at radius 3 is 1.93 bits per heavy atom. The molecule has 1 unspecified atom stereocenters. The van der Waals surface area contributed by atoms with Gasteiger partial charge < -0.3 is 9.15 Å². The fourth-order valence-electron chi connectivity index (χ4n) is 15.1. The van der Waals surface area contributed by atoms with Crippen LogP contribution in [-0.4, -0.2) is 0 Å². The molecule has 2 heteroatoms. The van der Waals surface area contributed by atoms with Crippen molar-refractivity contribution in [2.45, 2.75) is 130 Å². The molecule has 0 saturated carbocycles. The highest BCUT2D eigenvalue weighted by molar-refractivity contribution is 6.19. The molecule has 4 aliphatic rings. The van der Waals surface area contributed by atoms with Gasteiger partial charge in [-0.3, -0.25) is 0 Å². The highest BCUT2D eigenvalue weighted by Gasteiger charge is 2.44. The van der Waals surface area contributed by atoms with E-state index >= 15 is 0 Å². The molecule has 0 radical (unpaired) electrons. The minimum atomic E-state index is -0.238. The van der Waals surface area contributed by atoms with E-state index in [2.05, 4.69) is 235 Å². The van der Waals surface area contributed by atoms with Crippen molar-refractivity contribution in [2.75, 3.05) is 0 Å². The predicted octanol–water partition coefficient (Wildman–Crippen LogP) is 19.5. The summed E-state index contributed by atoms with van der Waals surface area (Å²) >= 11 is 0. The van der Waals surface area contributed by atoms with E-state index in [-0.39, 0.29) is 27.6 Å². The maximum absolute atomic E-state index is 6.94. The smallest absolute Gasteiger partial charge is 0.143 e. The van der Waals surface area contributed by atoms with E-state index in [1.54, 1.807) is 0 Å². The first kappa shape index (κ1) is 47.1. The summed E-state index contributed by atoms with van der Waals surface area (Å²) in [5.41, 5.74) is 33.8. The van der Waals surface area contributed by atoms with Gasteiger partial charge in [-0.1, -0.05) is 189 Å². The molecule has 2 heterocycles. The van der Waals surface area contributed by atoms with E-state index < -0.39 is 0 Å². The molecular weight excluding hydrogens is 921 g/mol. The minimum Gasteiger partial charge on any atom is -0.488 e. The molecule has 3 aliphatic carbocycles. The molecule has 376 valence electrons. The van der Waals surface area contributed by atoms with Crippen molar-refractivity contribution in [3.8, 4) is 61.4 Å². The van der Waals surface area contributed by atoms with Crippen molar-refractivity contribution in [1.29, 1.82) is 0 Å². The van der Waals surface area contributed by atoms with Gasteiger partial charge in [0.25, 0.3) is 0 Å². The van der Waals surface area contributed by atoms with Gasteiger partial charge in [-0.15, -0.1) is 0 Å². The predicted molar refractivity (Wildman–Crippen MR) is 318 cm³/mol. The van der Waals surface area contributed by atoms with Crippen LogP contribution in [0.2, 0.25) is 0 Å². The van der Waals surface area contributed by atoms with Crippen molar-refractivity contribution >= 4 is 21.9 Å². The molecule has 1 atom stereocenters. The zero-order valence-electron chi connectivity index (χ0n) is 46.4. The maximum atomic E-state index is 6.94. The second-order valence-corrected chi connectivity index (χ2v) is 25.7. The Morgan fingerprint density at radius 2 is 1.13 bits per heavy atom. The number of aryl methyl sites for hydroxylation is 3. The standard InChI is InChI=1S/C74H68O2/c1-41-31-42(2)65(43(3)32-41)55-39-62-67(69-52-21-15-18-24-64(52)76-70(55)69)50-28-25-44(34-58(50)74(62,11)12)33-48(35-46-19-13-16-22-56(46)71(4,5)6)45-26-29-49-53-37-61-54(38-60(53)73(9,10)59(49)36-45)68-57(72(61,7)8)30-27-47-40-75-63-23-17-14-20-51(63)66(47)68/h13-32,34,36-39,48H,33,35,40H2,1-12H3. The van der Waals surface area contributed by atoms with Crippen LogP contribution in [0.5, 0.6) is 5.75 Å². The number of hydrogen-bond donors (Lipinski definition) is 0. The first-order valence-corrected chi connectivity index (χ1v) is 27.8. The van der Waals surface area contributed by atoms with E-state index in [1.807, 2.05) is 0 Å². The summed E-state index contributed by atoms with van der Waals surface area (Å²) in [5, 5.41) is 2.42. The Bertz CT molecular complexity index is 4130. The Hall–Kier alpha value is -7.42. The van der Waals surface area contributed by atoms with Crippen LogP contribution in [0.25, 0.3) is 77.6 Å². The largest absolute Gasteiger partial charge is 0.488 e. The third-order valence-electron chi connectivity index (χ3n) is 18.8. The number of fused-ring (bicyclic) bond motifs is 17. The molecule has 2 nitrogen and oxygen atoms in total. The third-order valence-corrected chi connectivity index (χ3v) is 18.8. The Labute approximate surface area is 449 Å². The zero-order valence-corrected chi connectivity index (χ0v) is 46.4. The van der Waals surface area contributed by atoms with E-state index in [1.165, 1.54) is 144 Å². The molecule has 76 heavy (non-hydrogen) atoms. The van der Waals surface area contributed by atoms with Gasteiger partial charge in [-0.25, -0.2) is 0 Å². The van der Waals surface area contributed by atoms with Crippen LogP contribution in [0, 0.1) is 20.8 Å². The first-order chi connectivity index (χ1) is 36.3. The lowest BCUT2D eigenvalue weighted by atomic mass is 9.76. The molecule has 10 aromatic rings. The summed E-state index contributed by atoms with van der Waals surface area (Å²) in [6.45, 7) is 29.1. The number of para-hydroxylation sites is 2. The molecule has 0 saturated heterocycles. The van der Waals surface area contributed by atoms with Crippen LogP contribution in [0.4, 0.5) is 0 Å². The molecule has 0 bridgehead atoms. The van der Waals surface area contributed by atoms with E-state index in [0.717, 1.165) is 29.8 Å². The average molecular weight is 989 g/mol. The quantitative estimate of drug-likeness (QED) is 0.166. The lowest BCUT2D eigenvalue weighted by Gasteiger charge is -2.28. The number of ether oxygens (including phenoxy) is 1. The van der Waals surface area contributed by atoms with Gasteiger partial charge in [-0.2, -0.15) is 0 Å². The number of furan rings is 1. The van der Waals surface area contributed by atoms with Crippen LogP contribution in [0.15, 0.2) is 156 Å². The molecule has 1 aromatic heterocycles. The van der Waals surface area contributed by atoms with Crippen LogP contribution in [0.1, 0.15) is 146 Å². The summed E-state index contributed by atoms with van der Waals surface area (Å²) in [6.07, 6.45) is 1.88. The maximum Gasteiger partial charge on any atom is 0.143 e. The highest BCUT2D eigenvalue weighted by Crippen LogP contribution is 2.60. The van der Waals surface area contributed by atoms with Gasteiger partial charge in [0.2, 0.25) is 0 Å². The molecule has 1 aliphatic heterocycles. The van der Waals surface area contributed by atoms with Crippen LogP contribution >= 0.6 is 0 Å². The number of benzene rings is 9. The second kappa shape index (κ2) is 16.1. The Balaban J connectivity index is 0.891. The monoisotopic (exact) mass is 989 g/mol. The van der Waals surface area contributed by atoms with E-state index in [4.69, 9.17) is 9.15 Å². The zero-order chi connectivity index (χ0) is 52.5. The fraction of sp³-hybridized carbons (Fsp3) is 0.270. The van der Waals surface area contributed by atoms with Gasteiger partial charge in [0.05, 0.1) is 0 Å². The van der Waals surface area contributed by atoms with Gasteiger partial charge in [0, 0.05) is 43.7 Å². The molecule has 0 amide bonds. The molecule has 0 fully saturated rings. The molecular formula is C74H68O2. The first-order valence-electron chi connectivity index (χ1n) is 27.8. The summed E-state index contributed by atoms with van der Waals surface area (Å²) in [6, 6.07) is 58.5. The van der Waals surface area contributed by atoms with Crippen molar-refractivity contribution < 1.29 is 9.15 Å². The van der Waals surface area contributed by atoms with Crippen molar-refractivity contribution in [3.63, 3.8) is 0 Å². The summed E-state index contributed by atoms with van der Waals surface area (Å²) < 4.78 is 13.3. The van der Waals surface area contributed by atoms with Gasteiger partial charge in [0.1, 0.15) is 23.5 Å². The number of hydrogen-bond acceptors (Lipinski definition) is 2. The lowest BCUT2D eigenvalue weighted by Crippen LogP contribution is -2.18. The molecule has 9 aromatic carbocycles. The van der Waals surface area contributed by atoms with E-state index in [0.29, 0.717) is 6.61 Å². The summed E-state index contributed by atoms with van der Waals surface area (Å²) in [7, 11) is 0. The number of rotatable bonds is 6. The minimum absolute atomic E-state index is 0.0182. The Morgan fingerprint density at radius 1 is 0.487 bits per heavy atom. The Kier molecular flexibility index (Phi) is 9.94. The second-order valence-electron chi connectivity index (χ2n) is 25.7. The SMILES string of the molecule is Cc1cc(C)c(-c2cc3c(c4c2oc2ccccc24)-c2ccc(CC(Cc4ccccc4C(C)(C)C)c4ccc5c(c4)C(C)(C)c4cc6c(cc4-5)C(C)(C)c4ccc5c(c4-6)-c4ccccc4OC5)cc2C3(C)C)c(C)c1. The van der Waals surface area contributed by atoms with Crippen molar-refractivity contribution in [1.82, 2.24) is 0 Å². The van der Waals surface area contributed by atoms with Gasteiger partial charge in [-0.05, 0) is 187 Å². The van der Waals surface area contributed by atoms with Crippen LogP contribution in [0.3, 0.4) is 0 Å². The van der Waals surface area contributed by atoms with Gasteiger partial charge >= 0.3 is 0 Å². The van der Waals surface area contributed by atoms with Gasteiger partial charge in [0.15, 0.2) is 0 Å². The molecule has 0 N–H and O–H groups in total. The van der Waals surface area contributed by atoms with E-state index in [9.17, 15) is 0 Å². The topological polar surface area (TPSA) is 22.4 Å². The highest BCUT2D eigenvalue weighted by atomic mass is 16.5.